The number of amides is 1. The Morgan fingerprint density at radius 1 is 1.09 bits per heavy atom. The number of hydrogen-bond donors (Lipinski definition) is 2. The lowest BCUT2D eigenvalue weighted by Crippen LogP contribution is -2.45. The highest BCUT2D eigenvalue weighted by molar-refractivity contribution is 8.00. The topological polar surface area (TPSA) is 129 Å². The maximum absolute atomic E-state index is 12.1. The van der Waals surface area contributed by atoms with Crippen LogP contribution in [0.5, 0.6) is 0 Å². The summed E-state index contributed by atoms with van der Waals surface area (Å²) in [6.07, 6.45) is 1.16. The van der Waals surface area contributed by atoms with Gasteiger partial charge in [-0.3, -0.25) is 4.79 Å². The Morgan fingerprint density at radius 3 is 2.48 bits per heavy atom. The number of aliphatic carboxylic acids is 1. The van der Waals surface area contributed by atoms with Crippen molar-refractivity contribution < 1.29 is 24.2 Å². The molecule has 2 aromatic rings. The Balaban J connectivity index is 1.34. The summed E-state index contributed by atoms with van der Waals surface area (Å²) >= 11 is 0.995. The van der Waals surface area contributed by atoms with Crippen LogP contribution in [0, 0.1) is 0 Å². The number of carbonyl (C=O) groups excluding carboxylic acids is 2. The smallest absolute Gasteiger partial charge is 0.230 e. The predicted octanol–water partition coefficient (Wildman–Crippen LogP) is -0.244. The van der Waals surface area contributed by atoms with E-state index >= 15 is 0 Å². The van der Waals surface area contributed by atoms with Crippen molar-refractivity contribution in [1.29, 1.82) is 0 Å². The second-order valence-corrected chi connectivity index (χ2v) is 9.08. The van der Waals surface area contributed by atoms with Crippen LogP contribution >= 0.6 is 11.8 Å². The minimum atomic E-state index is -1.19. The molecule has 2 aliphatic rings. The summed E-state index contributed by atoms with van der Waals surface area (Å²) in [6, 6.07) is 9.54. The Morgan fingerprint density at radius 2 is 1.79 bits per heavy atom. The molecule has 10 nitrogen and oxygen atoms in total. The molecule has 176 valence electrons. The van der Waals surface area contributed by atoms with Crippen LogP contribution in [0.25, 0.3) is 11.3 Å². The van der Waals surface area contributed by atoms with E-state index in [1.165, 1.54) is 0 Å². The molecule has 3 heterocycles. The van der Waals surface area contributed by atoms with Gasteiger partial charge in [0.2, 0.25) is 11.9 Å². The number of anilines is 2. The van der Waals surface area contributed by atoms with Gasteiger partial charge in [-0.05, 0) is 18.2 Å². The molecule has 0 saturated carbocycles. The summed E-state index contributed by atoms with van der Waals surface area (Å²) in [5, 5.41) is 16.6. The zero-order chi connectivity index (χ0) is 23.4. The third kappa shape index (κ3) is 5.73. The van der Waals surface area contributed by atoms with Crippen molar-refractivity contribution in [3.05, 3.63) is 36.5 Å². The van der Waals surface area contributed by atoms with Gasteiger partial charge in [-0.1, -0.05) is 12.1 Å². The van der Waals surface area contributed by atoms with E-state index in [9.17, 15) is 14.7 Å². The zero-order valence-corrected chi connectivity index (χ0v) is 19.2. The highest BCUT2D eigenvalue weighted by atomic mass is 32.2. The monoisotopic (exact) mass is 472 g/mol. The van der Waals surface area contributed by atoms with E-state index in [1.807, 2.05) is 49.3 Å². The number of ether oxygens (including phenoxy) is 2. The second-order valence-electron chi connectivity index (χ2n) is 8.09. The van der Waals surface area contributed by atoms with Crippen molar-refractivity contribution in [2.24, 2.45) is 0 Å². The number of fused-ring (bicyclic) bond motifs is 1. The van der Waals surface area contributed by atoms with Crippen molar-refractivity contribution in [2.45, 2.75) is 24.3 Å². The number of hydrogen-bond acceptors (Lipinski definition) is 10. The van der Waals surface area contributed by atoms with Crippen molar-refractivity contribution in [1.82, 2.24) is 15.3 Å². The van der Waals surface area contributed by atoms with Crippen molar-refractivity contribution >= 4 is 35.3 Å². The van der Waals surface area contributed by atoms with Gasteiger partial charge in [0, 0.05) is 37.3 Å². The van der Waals surface area contributed by atoms with Crippen LogP contribution in [0.15, 0.2) is 36.5 Å². The van der Waals surface area contributed by atoms with E-state index in [2.05, 4.69) is 20.6 Å². The highest BCUT2D eigenvalue weighted by Gasteiger charge is 2.48. The normalized spacial score (nSPS) is 23.7. The van der Waals surface area contributed by atoms with Gasteiger partial charge in [0.05, 0.1) is 42.7 Å². The molecule has 33 heavy (non-hydrogen) atoms. The number of carboxylic acid groups (broad SMARTS) is 1. The maximum atomic E-state index is 12.1. The molecule has 0 aliphatic carbocycles. The molecular formula is C22H26N5O5S-. The van der Waals surface area contributed by atoms with Gasteiger partial charge < -0.3 is 34.9 Å². The predicted molar refractivity (Wildman–Crippen MR) is 123 cm³/mol. The quantitative estimate of drug-likeness (QED) is 0.504. The SMILES string of the molecule is CN(C)c1ccc(-c2ccnc(N[C@H]3CO[C@H]4[C@@H]3OC[C@@H]4NC(=O)CSCC(=O)[O-])n2)cc1. The number of rotatable bonds is 9. The first-order valence-electron chi connectivity index (χ1n) is 10.6. The van der Waals surface area contributed by atoms with Crippen LogP contribution < -0.4 is 20.6 Å². The van der Waals surface area contributed by atoms with Crippen LogP contribution in [0.4, 0.5) is 11.6 Å². The average Bonchev–Trinajstić information content (AvgIpc) is 3.37. The summed E-state index contributed by atoms with van der Waals surface area (Å²) in [4.78, 5) is 33.6. The molecule has 2 aliphatic heterocycles. The average molecular weight is 473 g/mol. The molecule has 11 heteroatoms. The van der Waals surface area contributed by atoms with Crippen LogP contribution in [-0.4, -0.2) is 85.0 Å². The largest absolute Gasteiger partial charge is 0.549 e. The molecule has 2 fully saturated rings. The van der Waals surface area contributed by atoms with Crippen LogP contribution in [0.2, 0.25) is 0 Å². The molecule has 0 bridgehead atoms. The van der Waals surface area contributed by atoms with Crippen molar-refractivity contribution in [2.75, 3.05) is 49.0 Å². The molecular weight excluding hydrogens is 446 g/mol. The number of thioether (sulfide) groups is 1. The Bertz CT molecular complexity index is 989. The molecule has 1 aromatic carbocycles. The van der Waals surface area contributed by atoms with E-state index in [0.717, 1.165) is 28.7 Å². The van der Waals surface area contributed by atoms with Crippen LogP contribution in [-0.2, 0) is 19.1 Å². The van der Waals surface area contributed by atoms with E-state index in [-0.39, 0.29) is 41.7 Å². The number of carbonyl (C=O) groups is 2. The van der Waals surface area contributed by atoms with Gasteiger partial charge in [0.1, 0.15) is 12.2 Å². The van der Waals surface area contributed by atoms with Gasteiger partial charge in [-0.15, -0.1) is 11.8 Å². The molecule has 1 amide bonds. The fourth-order valence-corrected chi connectivity index (χ4v) is 4.44. The van der Waals surface area contributed by atoms with Crippen LogP contribution in [0.3, 0.4) is 0 Å². The lowest BCUT2D eigenvalue weighted by atomic mass is 10.1. The third-order valence-corrected chi connectivity index (χ3v) is 6.41. The van der Waals surface area contributed by atoms with Gasteiger partial charge in [0.25, 0.3) is 0 Å². The van der Waals surface area contributed by atoms with Gasteiger partial charge in [-0.2, -0.15) is 0 Å². The fraction of sp³-hybridized carbons (Fsp3) is 0.455. The molecule has 2 N–H and O–H groups in total. The maximum Gasteiger partial charge on any atom is 0.230 e. The molecule has 4 atom stereocenters. The first kappa shape index (κ1) is 23.3. The Labute approximate surface area is 196 Å². The summed E-state index contributed by atoms with van der Waals surface area (Å²) in [7, 11) is 3.99. The molecule has 0 radical (unpaired) electrons. The summed E-state index contributed by atoms with van der Waals surface area (Å²) < 4.78 is 11.8. The van der Waals surface area contributed by atoms with Gasteiger partial charge >= 0.3 is 0 Å². The number of carboxylic acids is 1. The van der Waals surface area contributed by atoms with Crippen molar-refractivity contribution in [3.63, 3.8) is 0 Å². The number of nitrogens with zero attached hydrogens (tertiary/aromatic N) is 3. The lowest BCUT2D eigenvalue weighted by Gasteiger charge is -2.18. The minimum Gasteiger partial charge on any atom is -0.549 e. The van der Waals surface area contributed by atoms with E-state index in [1.54, 1.807) is 6.20 Å². The standard InChI is InChI=1S/C22H27N5O5S/c1-27(2)14-5-3-13(4-6-14)15-7-8-23-22(25-15)26-17-10-32-20-16(9-31-21(17)20)24-18(28)11-33-12-19(29)30/h3-8,16-17,20-21H,9-12H2,1-2H3,(H,24,28)(H,29,30)(H,23,25,26)/p-1/t16-,17-,20+,21+/m0/s1. The Kier molecular flexibility index (Phi) is 7.31. The molecule has 1 aromatic heterocycles. The van der Waals surface area contributed by atoms with E-state index in [0.29, 0.717) is 19.2 Å². The number of nitrogens with one attached hydrogen (secondary N) is 2. The van der Waals surface area contributed by atoms with Gasteiger partial charge in [0.15, 0.2) is 0 Å². The second kappa shape index (κ2) is 10.4. The first-order chi connectivity index (χ1) is 15.9. The first-order valence-corrected chi connectivity index (χ1v) is 11.7. The van der Waals surface area contributed by atoms with Crippen molar-refractivity contribution in [3.8, 4) is 11.3 Å². The summed E-state index contributed by atoms with van der Waals surface area (Å²) in [6.45, 7) is 0.718. The van der Waals surface area contributed by atoms with Gasteiger partial charge in [-0.25, -0.2) is 9.97 Å². The van der Waals surface area contributed by atoms with E-state index in [4.69, 9.17) is 9.47 Å². The Hall–Kier alpha value is -2.89. The highest BCUT2D eigenvalue weighted by Crippen LogP contribution is 2.29. The van der Waals surface area contributed by atoms with Crippen LogP contribution in [0.1, 0.15) is 0 Å². The van der Waals surface area contributed by atoms with E-state index < -0.39 is 5.97 Å². The number of benzene rings is 1. The summed E-state index contributed by atoms with van der Waals surface area (Å²) in [5.41, 5.74) is 2.90. The number of aromatic nitrogens is 2. The lowest BCUT2D eigenvalue weighted by molar-refractivity contribution is -0.301. The fourth-order valence-electron chi connectivity index (χ4n) is 3.91. The molecule has 2 saturated heterocycles. The molecule has 0 spiro atoms. The summed E-state index contributed by atoms with van der Waals surface area (Å²) in [5.74, 6) is -1.15. The molecule has 0 unspecified atom stereocenters. The zero-order valence-electron chi connectivity index (χ0n) is 18.4. The third-order valence-electron chi connectivity index (χ3n) is 5.50. The minimum absolute atomic E-state index is 0.0414. The molecule has 4 rings (SSSR count).